The largest absolute Gasteiger partial charge is 0.497 e. The number of ether oxygens (including phenoxy) is 4. The van der Waals surface area contributed by atoms with Crippen molar-refractivity contribution in [3.8, 4) is 23.0 Å². The molecule has 0 bridgehead atoms. The lowest BCUT2D eigenvalue weighted by atomic mass is 10.2. The van der Waals surface area contributed by atoms with Crippen LogP contribution >= 0.6 is 0 Å². The van der Waals surface area contributed by atoms with Gasteiger partial charge in [0.15, 0.2) is 18.1 Å². The summed E-state index contributed by atoms with van der Waals surface area (Å²) >= 11 is 0. The maximum atomic E-state index is 12.2. The van der Waals surface area contributed by atoms with Crippen LogP contribution in [0.4, 0.5) is 0 Å². The highest BCUT2D eigenvalue weighted by atomic mass is 16.5. The number of rotatable bonds is 7. The molecule has 2 rings (SSSR count). The first-order chi connectivity index (χ1) is 12.6. The van der Waals surface area contributed by atoms with Gasteiger partial charge in [0.05, 0.1) is 26.9 Å². The summed E-state index contributed by atoms with van der Waals surface area (Å²) < 4.78 is 20.7. The van der Waals surface area contributed by atoms with E-state index in [1.54, 1.807) is 36.4 Å². The Bertz CT molecular complexity index is 778. The summed E-state index contributed by atoms with van der Waals surface area (Å²) in [5, 5.41) is 0. The van der Waals surface area contributed by atoms with Crippen LogP contribution in [0.15, 0.2) is 42.5 Å². The van der Waals surface area contributed by atoms with Crippen LogP contribution in [0.1, 0.15) is 10.4 Å². The zero-order valence-corrected chi connectivity index (χ0v) is 14.7. The van der Waals surface area contributed by atoms with E-state index in [9.17, 15) is 9.59 Å². The first-order valence-corrected chi connectivity index (χ1v) is 7.66. The fourth-order valence-corrected chi connectivity index (χ4v) is 2.10. The van der Waals surface area contributed by atoms with Gasteiger partial charge in [0.1, 0.15) is 11.5 Å². The second kappa shape index (κ2) is 9.16. The van der Waals surface area contributed by atoms with Crippen LogP contribution in [0, 0.1) is 0 Å². The third kappa shape index (κ3) is 4.79. The normalized spacial score (nSPS) is 9.81. The number of amides is 2. The monoisotopic (exact) mass is 360 g/mol. The van der Waals surface area contributed by atoms with Crippen molar-refractivity contribution < 1.29 is 28.5 Å². The van der Waals surface area contributed by atoms with E-state index < -0.39 is 11.8 Å². The lowest BCUT2D eigenvalue weighted by Crippen LogP contribution is -2.43. The minimum Gasteiger partial charge on any atom is -0.497 e. The van der Waals surface area contributed by atoms with Crippen LogP contribution in [0.25, 0.3) is 0 Å². The van der Waals surface area contributed by atoms with Gasteiger partial charge in [0.25, 0.3) is 11.8 Å². The van der Waals surface area contributed by atoms with E-state index in [4.69, 9.17) is 18.9 Å². The number of hydrazine groups is 1. The molecule has 138 valence electrons. The number of benzene rings is 2. The van der Waals surface area contributed by atoms with E-state index in [-0.39, 0.29) is 12.2 Å². The van der Waals surface area contributed by atoms with E-state index >= 15 is 0 Å². The molecule has 26 heavy (non-hydrogen) atoms. The van der Waals surface area contributed by atoms with Crippen molar-refractivity contribution in [3.05, 3.63) is 48.0 Å². The highest BCUT2D eigenvalue weighted by Gasteiger charge is 2.14. The van der Waals surface area contributed by atoms with E-state index in [1.165, 1.54) is 27.4 Å². The van der Waals surface area contributed by atoms with Crippen LogP contribution in [0.2, 0.25) is 0 Å². The molecule has 0 aromatic heterocycles. The highest BCUT2D eigenvalue weighted by Crippen LogP contribution is 2.26. The fourth-order valence-electron chi connectivity index (χ4n) is 2.10. The van der Waals surface area contributed by atoms with Crippen molar-refractivity contribution in [1.82, 2.24) is 10.9 Å². The van der Waals surface area contributed by atoms with E-state index in [1.807, 2.05) is 0 Å². The molecule has 0 aliphatic rings. The van der Waals surface area contributed by atoms with Crippen molar-refractivity contribution in [1.29, 1.82) is 0 Å². The second-order valence-corrected chi connectivity index (χ2v) is 5.01. The number of carbonyl (C=O) groups excluding carboxylic acids is 2. The Balaban J connectivity index is 1.90. The summed E-state index contributed by atoms with van der Waals surface area (Å²) in [5.74, 6) is 0.737. The molecule has 0 atom stereocenters. The molecule has 0 saturated heterocycles. The Kier molecular flexibility index (Phi) is 6.67. The lowest BCUT2D eigenvalue weighted by molar-refractivity contribution is -0.123. The zero-order chi connectivity index (χ0) is 18.9. The summed E-state index contributed by atoms with van der Waals surface area (Å²) in [5.41, 5.74) is 4.83. The fraction of sp³-hybridized carbons (Fsp3) is 0.222. The molecular weight excluding hydrogens is 340 g/mol. The predicted octanol–water partition coefficient (Wildman–Crippen LogP) is 1.55. The molecule has 2 aromatic carbocycles. The van der Waals surface area contributed by atoms with Crippen LogP contribution in [0.3, 0.4) is 0 Å². The number of methoxy groups -OCH3 is 3. The summed E-state index contributed by atoms with van der Waals surface area (Å²) in [6.07, 6.45) is 0. The molecule has 2 amide bonds. The van der Waals surface area contributed by atoms with Crippen LogP contribution in [0.5, 0.6) is 23.0 Å². The van der Waals surface area contributed by atoms with Crippen LogP contribution in [-0.4, -0.2) is 39.8 Å². The maximum absolute atomic E-state index is 12.2. The molecule has 0 radical (unpaired) electrons. The molecule has 0 heterocycles. The Morgan fingerprint density at radius 1 is 0.846 bits per heavy atom. The van der Waals surface area contributed by atoms with E-state index in [2.05, 4.69) is 10.9 Å². The van der Waals surface area contributed by atoms with Gasteiger partial charge in [-0.15, -0.1) is 0 Å². The average molecular weight is 360 g/mol. The van der Waals surface area contributed by atoms with Crippen molar-refractivity contribution in [2.45, 2.75) is 0 Å². The molecule has 0 fully saturated rings. The van der Waals surface area contributed by atoms with E-state index in [0.717, 1.165) is 0 Å². The SMILES string of the molecule is COc1ccc(C(=O)NNC(=O)COc2ccccc2OC)c(OC)c1. The first-order valence-electron chi connectivity index (χ1n) is 7.66. The number of nitrogens with one attached hydrogen (secondary N) is 2. The van der Waals surface area contributed by atoms with Crippen molar-refractivity contribution in [3.63, 3.8) is 0 Å². The summed E-state index contributed by atoms with van der Waals surface area (Å²) in [6, 6.07) is 11.6. The second-order valence-electron chi connectivity index (χ2n) is 5.01. The standard InChI is InChI=1S/C18H20N2O6/c1-23-12-8-9-13(16(10-12)25-3)18(22)20-19-17(21)11-26-15-7-5-4-6-14(15)24-2/h4-10H,11H2,1-3H3,(H,19,21)(H,20,22). The molecule has 0 unspecified atom stereocenters. The van der Waals surface area contributed by atoms with Gasteiger partial charge in [-0.1, -0.05) is 12.1 Å². The topological polar surface area (TPSA) is 95.1 Å². The minimum atomic E-state index is -0.532. The molecule has 0 aliphatic heterocycles. The zero-order valence-electron chi connectivity index (χ0n) is 14.7. The first kappa shape index (κ1) is 18.9. The molecule has 0 spiro atoms. The summed E-state index contributed by atoms with van der Waals surface area (Å²) in [7, 11) is 4.45. The summed E-state index contributed by atoms with van der Waals surface area (Å²) in [6.45, 7) is -0.291. The number of para-hydroxylation sites is 2. The maximum Gasteiger partial charge on any atom is 0.276 e. The number of hydrogen-bond donors (Lipinski definition) is 2. The molecule has 0 saturated carbocycles. The van der Waals surface area contributed by atoms with Gasteiger partial charge in [-0.25, -0.2) is 0 Å². The number of hydrogen-bond acceptors (Lipinski definition) is 6. The molecular formula is C18H20N2O6. The third-order valence-corrected chi connectivity index (χ3v) is 3.40. The Morgan fingerprint density at radius 2 is 1.54 bits per heavy atom. The predicted molar refractivity (Wildman–Crippen MR) is 93.6 cm³/mol. The molecule has 2 N–H and O–H groups in total. The Labute approximate surface area is 151 Å². The molecule has 2 aromatic rings. The Morgan fingerprint density at radius 3 is 2.19 bits per heavy atom. The van der Waals surface area contributed by atoms with Gasteiger partial charge >= 0.3 is 0 Å². The molecule has 0 aliphatic carbocycles. The van der Waals surface area contributed by atoms with Gasteiger partial charge in [0, 0.05) is 6.07 Å². The van der Waals surface area contributed by atoms with Gasteiger partial charge < -0.3 is 18.9 Å². The third-order valence-electron chi connectivity index (χ3n) is 3.40. The quantitative estimate of drug-likeness (QED) is 0.728. The van der Waals surface area contributed by atoms with Crippen LogP contribution < -0.4 is 29.8 Å². The van der Waals surface area contributed by atoms with Crippen molar-refractivity contribution in [2.75, 3.05) is 27.9 Å². The Hall–Kier alpha value is -3.42. The van der Waals surface area contributed by atoms with Crippen LogP contribution in [-0.2, 0) is 4.79 Å². The summed E-state index contributed by atoms with van der Waals surface area (Å²) in [4.78, 5) is 24.1. The molecule has 8 heteroatoms. The smallest absolute Gasteiger partial charge is 0.276 e. The van der Waals surface area contributed by atoms with Gasteiger partial charge in [-0.05, 0) is 24.3 Å². The molecule has 8 nitrogen and oxygen atoms in total. The van der Waals surface area contributed by atoms with Gasteiger partial charge in [0.2, 0.25) is 0 Å². The lowest BCUT2D eigenvalue weighted by Gasteiger charge is -2.12. The van der Waals surface area contributed by atoms with Gasteiger partial charge in [-0.3, -0.25) is 20.4 Å². The van der Waals surface area contributed by atoms with Crippen molar-refractivity contribution >= 4 is 11.8 Å². The highest BCUT2D eigenvalue weighted by molar-refractivity contribution is 5.98. The van der Waals surface area contributed by atoms with E-state index in [0.29, 0.717) is 23.0 Å². The van der Waals surface area contributed by atoms with Crippen molar-refractivity contribution in [2.24, 2.45) is 0 Å². The van der Waals surface area contributed by atoms with Gasteiger partial charge in [-0.2, -0.15) is 0 Å². The minimum absolute atomic E-state index is 0.249. The average Bonchev–Trinajstić information content (AvgIpc) is 2.69. The number of carbonyl (C=O) groups is 2.